The number of thioether (sulfide) groups is 1. The average Bonchev–Trinajstić information content (AvgIpc) is 2.98. The van der Waals surface area contributed by atoms with E-state index < -0.39 is 0 Å². The van der Waals surface area contributed by atoms with E-state index in [4.69, 9.17) is 9.47 Å². The minimum atomic E-state index is 0.314. The Morgan fingerprint density at radius 3 is 2.95 bits per heavy atom. The summed E-state index contributed by atoms with van der Waals surface area (Å²) in [6, 6.07) is 6.07. The van der Waals surface area contributed by atoms with Gasteiger partial charge in [-0.15, -0.1) is 0 Å². The molecule has 2 rings (SSSR count). The lowest BCUT2D eigenvalue weighted by Gasteiger charge is -2.22. The van der Waals surface area contributed by atoms with Crippen LogP contribution in [0.1, 0.15) is 18.9 Å². The summed E-state index contributed by atoms with van der Waals surface area (Å²) in [5, 5.41) is 3.35. The van der Waals surface area contributed by atoms with Crippen molar-refractivity contribution in [3.63, 3.8) is 0 Å². The number of nitrogens with one attached hydrogen (secondary N) is 1. The second-order valence-electron chi connectivity index (χ2n) is 5.13. The van der Waals surface area contributed by atoms with E-state index in [2.05, 4.69) is 41.5 Å². The Morgan fingerprint density at radius 2 is 2.18 bits per heavy atom. The first-order valence-corrected chi connectivity index (χ1v) is 9.01. The van der Waals surface area contributed by atoms with E-state index in [1.54, 1.807) is 0 Å². The molecule has 1 heterocycles. The van der Waals surface area contributed by atoms with Gasteiger partial charge < -0.3 is 19.7 Å². The van der Waals surface area contributed by atoms with Crippen molar-refractivity contribution in [1.82, 2.24) is 10.2 Å². The molecule has 1 aliphatic heterocycles. The molecule has 1 aromatic carbocycles. The molecule has 0 amide bonds. The fraction of sp³-hybridized carbons (Fsp3) is 0.562. The van der Waals surface area contributed by atoms with Gasteiger partial charge in [0.25, 0.3) is 0 Å². The van der Waals surface area contributed by atoms with Crippen LogP contribution in [0.4, 0.5) is 0 Å². The molecule has 0 radical (unpaired) electrons. The van der Waals surface area contributed by atoms with Crippen molar-refractivity contribution in [2.24, 2.45) is 4.99 Å². The van der Waals surface area contributed by atoms with Gasteiger partial charge >= 0.3 is 0 Å². The summed E-state index contributed by atoms with van der Waals surface area (Å²) in [6.45, 7) is 4.91. The third-order valence-electron chi connectivity index (χ3n) is 3.32. The molecule has 0 aromatic heterocycles. The SMILES string of the molecule is CCNC(=NCCCSC)N(C)Cc1ccc2c(c1)OCO2. The van der Waals surface area contributed by atoms with Crippen molar-refractivity contribution in [1.29, 1.82) is 0 Å². The highest BCUT2D eigenvalue weighted by Gasteiger charge is 2.14. The normalized spacial score (nSPS) is 13.3. The molecule has 1 aromatic rings. The summed E-state index contributed by atoms with van der Waals surface area (Å²) >= 11 is 1.86. The smallest absolute Gasteiger partial charge is 0.231 e. The lowest BCUT2D eigenvalue weighted by molar-refractivity contribution is 0.174. The molecule has 0 bridgehead atoms. The van der Waals surface area contributed by atoms with Gasteiger partial charge in [-0.2, -0.15) is 11.8 Å². The Labute approximate surface area is 137 Å². The Bertz CT molecular complexity index is 508. The van der Waals surface area contributed by atoms with E-state index in [1.807, 2.05) is 23.9 Å². The molecule has 5 nitrogen and oxygen atoms in total. The predicted molar refractivity (Wildman–Crippen MR) is 93.0 cm³/mol. The Balaban J connectivity index is 1.96. The average molecular weight is 323 g/mol. The van der Waals surface area contributed by atoms with Crippen LogP contribution in [-0.4, -0.2) is 49.8 Å². The summed E-state index contributed by atoms with van der Waals surface area (Å²) in [6.07, 6.45) is 3.23. The Morgan fingerprint density at radius 1 is 1.36 bits per heavy atom. The van der Waals surface area contributed by atoms with Crippen LogP contribution in [0.3, 0.4) is 0 Å². The molecule has 0 saturated heterocycles. The van der Waals surface area contributed by atoms with Crippen LogP contribution in [0.15, 0.2) is 23.2 Å². The molecular weight excluding hydrogens is 298 g/mol. The van der Waals surface area contributed by atoms with Gasteiger partial charge in [0, 0.05) is 26.7 Å². The van der Waals surface area contributed by atoms with Crippen molar-refractivity contribution in [3.05, 3.63) is 23.8 Å². The van der Waals surface area contributed by atoms with Crippen LogP contribution in [0.5, 0.6) is 11.5 Å². The molecule has 0 fully saturated rings. The minimum Gasteiger partial charge on any atom is -0.454 e. The fourth-order valence-electron chi connectivity index (χ4n) is 2.25. The van der Waals surface area contributed by atoms with E-state index in [1.165, 1.54) is 5.56 Å². The second kappa shape index (κ2) is 8.78. The topological polar surface area (TPSA) is 46.1 Å². The van der Waals surface area contributed by atoms with Gasteiger partial charge in [-0.05, 0) is 43.0 Å². The lowest BCUT2D eigenvalue weighted by Crippen LogP contribution is -2.38. The first-order valence-electron chi connectivity index (χ1n) is 7.61. The van der Waals surface area contributed by atoms with Gasteiger partial charge in [-0.1, -0.05) is 6.07 Å². The summed E-state index contributed by atoms with van der Waals surface area (Å²) in [4.78, 5) is 6.82. The molecule has 6 heteroatoms. The van der Waals surface area contributed by atoms with Crippen LogP contribution in [-0.2, 0) is 6.54 Å². The maximum Gasteiger partial charge on any atom is 0.231 e. The molecule has 0 aliphatic carbocycles. The fourth-order valence-corrected chi connectivity index (χ4v) is 2.67. The number of benzene rings is 1. The van der Waals surface area contributed by atoms with Crippen molar-refractivity contribution in [2.75, 3.05) is 38.9 Å². The van der Waals surface area contributed by atoms with E-state index in [-0.39, 0.29) is 0 Å². The number of aliphatic imine (C=N–C) groups is 1. The zero-order chi connectivity index (χ0) is 15.8. The zero-order valence-electron chi connectivity index (χ0n) is 13.6. The highest BCUT2D eigenvalue weighted by molar-refractivity contribution is 7.98. The van der Waals surface area contributed by atoms with E-state index in [9.17, 15) is 0 Å². The highest BCUT2D eigenvalue weighted by Crippen LogP contribution is 2.32. The first-order chi connectivity index (χ1) is 10.7. The third kappa shape index (κ3) is 4.73. The largest absolute Gasteiger partial charge is 0.454 e. The van der Waals surface area contributed by atoms with Gasteiger partial charge in [0.1, 0.15) is 0 Å². The molecule has 0 spiro atoms. The zero-order valence-corrected chi connectivity index (χ0v) is 14.4. The van der Waals surface area contributed by atoms with E-state index in [0.717, 1.165) is 49.3 Å². The van der Waals surface area contributed by atoms with Crippen molar-refractivity contribution >= 4 is 17.7 Å². The Hall–Kier alpha value is -1.56. The van der Waals surface area contributed by atoms with Crippen LogP contribution in [0.2, 0.25) is 0 Å². The highest BCUT2D eigenvalue weighted by atomic mass is 32.2. The molecular formula is C16H25N3O2S. The van der Waals surface area contributed by atoms with Crippen LogP contribution in [0.25, 0.3) is 0 Å². The number of guanidine groups is 1. The number of ether oxygens (including phenoxy) is 2. The lowest BCUT2D eigenvalue weighted by atomic mass is 10.2. The number of fused-ring (bicyclic) bond motifs is 1. The van der Waals surface area contributed by atoms with Gasteiger partial charge in [0.15, 0.2) is 17.5 Å². The standard InChI is InChI=1S/C16H25N3O2S/c1-4-17-16(18-8-5-9-22-3)19(2)11-13-6-7-14-15(10-13)21-12-20-14/h6-7,10H,4-5,8-9,11-12H2,1-3H3,(H,17,18). The molecule has 1 aliphatic rings. The van der Waals surface area contributed by atoms with Crippen molar-refractivity contribution in [2.45, 2.75) is 19.9 Å². The van der Waals surface area contributed by atoms with Gasteiger partial charge in [0.05, 0.1) is 0 Å². The molecule has 0 saturated carbocycles. The molecule has 0 unspecified atom stereocenters. The number of hydrogen-bond acceptors (Lipinski definition) is 4. The maximum atomic E-state index is 5.43. The Kier molecular flexibility index (Phi) is 6.71. The first kappa shape index (κ1) is 16.8. The van der Waals surface area contributed by atoms with Gasteiger partial charge in [0.2, 0.25) is 6.79 Å². The molecule has 1 N–H and O–H groups in total. The van der Waals surface area contributed by atoms with Crippen LogP contribution >= 0.6 is 11.8 Å². The number of rotatable bonds is 7. The number of nitrogens with zero attached hydrogens (tertiary/aromatic N) is 2. The maximum absolute atomic E-state index is 5.43. The van der Waals surface area contributed by atoms with E-state index in [0.29, 0.717) is 6.79 Å². The third-order valence-corrected chi connectivity index (χ3v) is 4.02. The molecule has 0 atom stereocenters. The summed E-state index contributed by atoms with van der Waals surface area (Å²) in [5.74, 6) is 3.74. The van der Waals surface area contributed by atoms with Crippen molar-refractivity contribution < 1.29 is 9.47 Å². The van der Waals surface area contributed by atoms with Crippen molar-refractivity contribution in [3.8, 4) is 11.5 Å². The van der Waals surface area contributed by atoms with Crippen LogP contribution < -0.4 is 14.8 Å². The van der Waals surface area contributed by atoms with Gasteiger partial charge in [-0.25, -0.2) is 0 Å². The monoisotopic (exact) mass is 323 g/mol. The number of hydrogen-bond donors (Lipinski definition) is 1. The van der Waals surface area contributed by atoms with Crippen LogP contribution in [0, 0.1) is 0 Å². The summed E-state index contributed by atoms with van der Waals surface area (Å²) < 4.78 is 10.8. The second-order valence-corrected chi connectivity index (χ2v) is 6.11. The molecule has 122 valence electrons. The molecule has 22 heavy (non-hydrogen) atoms. The minimum absolute atomic E-state index is 0.314. The quantitative estimate of drug-likeness (QED) is 0.475. The van der Waals surface area contributed by atoms with Gasteiger partial charge in [-0.3, -0.25) is 4.99 Å². The summed E-state index contributed by atoms with van der Waals surface area (Å²) in [5.41, 5.74) is 1.18. The predicted octanol–water partition coefficient (Wildman–Crippen LogP) is 2.57. The summed E-state index contributed by atoms with van der Waals surface area (Å²) in [7, 11) is 2.06. The van der Waals surface area contributed by atoms with E-state index >= 15 is 0 Å².